The zero-order valence-corrected chi connectivity index (χ0v) is 20.2. The number of aromatic amines is 1. The Hall–Kier alpha value is -2.60. The van der Waals surface area contributed by atoms with Crippen LogP contribution in [-0.2, 0) is 10.2 Å². The average Bonchev–Trinajstić information content (AvgIpc) is 3.16. The van der Waals surface area contributed by atoms with Gasteiger partial charge in [-0.2, -0.15) is 0 Å². The topological polar surface area (TPSA) is 62.4 Å². The van der Waals surface area contributed by atoms with Crippen molar-refractivity contribution in [3.63, 3.8) is 0 Å². The molecule has 1 aromatic heterocycles. The Labute approximate surface area is 196 Å². The molecule has 6 heteroatoms. The van der Waals surface area contributed by atoms with Crippen LogP contribution in [0.25, 0.3) is 10.9 Å². The van der Waals surface area contributed by atoms with Gasteiger partial charge in [0.1, 0.15) is 5.75 Å². The summed E-state index contributed by atoms with van der Waals surface area (Å²) >= 11 is 3.53. The van der Waals surface area contributed by atoms with Crippen LogP contribution in [0.5, 0.6) is 5.75 Å². The van der Waals surface area contributed by atoms with E-state index in [1.807, 2.05) is 41.3 Å². The number of ether oxygens (including phenoxy) is 1. The molecule has 0 bridgehead atoms. The molecule has 1 saturated heterocycles. The Balaban J connectivity index is 1.41. The van der Waals surface area contributed by atoms with Crippen LogP contribution in [0.1, 0.15) is 60.8 Å². The monoisotopic (exact) mass is 494 g/mol. The number of benzene rings is 2. The van der Waals surface area contributed by atoms with Crippen LogP contribution in [0.15, 0.2) is 40.9 Å². The number of fused-ring (bicyclic) bond motifs is 4. The minimum absolute atomic E-state index is 0.0612. The van der Waals surface area contributed by atoms with Crippen molar-refractivity contribution in [2.45, 2.75) is 39.0 Å². The van der Waals surface area contributed by atoms with Crippen molar-refractivity contribution in [2.75, 3.05) is 19.7 Å². The second-order valence-electron chi connectivity index (χ2n) is 9.49. The zero-order chi connectivity index (χ0) is 22.6. The quantitative estimate of drug-likeness (QED) is 0.527. The molecule has 5 rings (SSSR count). The first-order valence-electron chi connectivity index (χ1n) is 11.1. The molecular formula is C26H27BrN2O3. The Kier molecular flexibility index (Phi) is 5.16. The number of hydrogen-bond acceptors (Lipinski definition) is 3. The van der Waals surface area contributed by atoms with E-state index in [0.29, 0.717) is 12.5 Å². The van der Waals surface area contributed by atoms with E-state index in [0.717, 1.165) is 69.4 Å². The number of piperidine rings is 1. The van der Waals surface area contributed by atoms with Gasteiger partial charge in [0.25, 0.3) is 0 Å². The van der Waals surface area contributed by atoms with Gasteiger partial charge < -0.3 is 14.6 Å². The molecule has 0 saturated carbocycles. The van der Waals surface area contributed by atoms with E-state index in [4.69, 9.17) is 4.74 Å². The molecule has 2 heterocycles. The highest BCUT2D eigenvalue weighted by atomic mass is 79.9. The lowest BCUT2D eigenvalue weighted by molar-refractivity contribution is -0.130. The number of H-pyrrole nitrogens is 1. The first-order chi connectivity index (χ1) is 15.3. The van der Waals surface area contributed by atoms with Crippen molar-refractivity contribution in [1.82, 2.24) is 9.88 Å². The third kappa shape index (κ3) is 3.45. The van der Waals surface area contributed by atoms with Crippen LogP contribution in [0, 0.1) is 5.92 Å². The van der Waals surface area contributed by atoms with E-state index in [9.17, 15) is 9.59 Å². The fourth-order valence-corrected chi connectivity index (χ4v) is 5.46. The lowest BCUT2D eigenvalue weighted by Crippen LogP contribution is -2.38. The van der Waals surface area contributed by atoms with Crippen molar-refractivity contribution in [1.29, 1.82) is 0 Å². The lowest BCUT2D eigenvalue weighted by Gasteiger charge is -2.33. The molecule has 0 unspecified atom stereocenters. The summed E-state index contributed by atoms with van der Waals surface area (Å²) in [6.07, 6.45) is 1.92. The fourth-order valence-electron chi connectivity index (χ4n) is 5.10. The zero-order valence-electron chi connectivity index (χ0n) is 18.6. The Morgan fingerprint density at radius 1 is 1.19 bits per heavy atom. The van der Waals surface area contributed by atoms with E-state index in [1.165, 1.54) is 0 Å². The van der Waals surface area contributed by atoms with Gasteiger partial charge >= 0.3 is 0 Å². The minimum Gasteiger partial charge on any atom is -0.493 e. The van der Waals surface area contributed by atoms with Crippen LogP contribution in [0.4, 0.5) is 0 Å². The van der Waals surface area contributed by atoms with Crippen molar-refractivity contribution in [3.05, 3.63) is 63.3 Å². The SMILES string of the molecule is CC(=O)N1CCC(COc2ccc3c(c2)C(C)(C)c2[nH]c4cc(Br)ccc4c2C3=O)CC1. The Bertz CT molecular complexity index is 1240. The van der Waals surface area contributed by atoms with Gasteiger partial charge in [-0.15, -0.1) is 0 Å². The van der Waals surface area contributed by atoms with Crippen LogP contribution in [0.3, 0.4) is 0 Å². The van der Waals surface area contributed by atoms with Gasteiger partial charge in [-0.05, 0) is 54.7 Å². The van der Waals surface area contributed by atoms with Gasteiger partial charge in [0.05, 0.1) is 12.2 Å². The van der Waals surface area contributed by atoms with Gasteiger partial charge in [-0.3, -0.25) is 9.59 Å². The normalized spacial score (nSPS) is 17.9. The van der Waals surface area contributed by atoms with Crippen molar-refractivity contribution < 1.29 is 14.3 Å². The van der Waals surface area contributed by atoms with Crippen LogP contribution >= 0.6 is 15.9 Å². The molecule has 1 aliphatic carbocycles. The van der Waals surface area contributed by atoms with Gasteiger partial charge in [0.2, 0.25) is 5.91 Å². The summed E-state index contributed by atoms with van der Waals surface area (Å²) < 4.78 is 7.15. The molecular weight excluding hydrogens is 468 g/mol. The molecule has 2 aliphatic rings. The van der Waals surface area contributed by atoms with Crippen molar-refractivity contribution >= 4 is 38.5 Å². The van der Waals surface area contributed by atoms with Crippen LogP contribution in [0.2, 0.25) is 0 Å². The molecule has 32 heavy (non-hydrogen) atoms. The lowest BCUT2D eigenvalue weighted by atomic mass is 9.71. The number of rotatable bonds is 3. The summed E-state index contributed by atoms with van der Waals surface area (Å²) in [5.41, 5.74) is 4.08. The van der Waals surface area contributed by atoms with E-state index in [-0.39, 0.29) is 17.1 Å². The first kappa shape index (κ1) is 21.3. The number of ketones is 1. The maximum Gasteiger partial charge on any atom is 0.219 e. The molecule has 5 nitrogen and oxygen atoms in total. The molecule has 3 aromatic rings. The maximum absolute atomic E-state index is 13.5. The highest BCUT2D eigenvalue weighted by Crippen LogP contribution is 2.45. The minimum atomic E-state index is -0.351. The van der Waals surface area contributed by atoms with Gasteiger partial charge in [0.15, 0.2) is 5.78 Å². The predicted molar refractivity (Wildman–Crippen MR) is 128 cm³/mol. The molecule has 1 N–H and O–H groups in total. The van der Waals surface area contributed by atoms with Gasteiger partial charge in [0, 0.05) is 52.1 Å². The maximum atomic E-state index is 13.5. The third-order valence-electron chi connectivity index (χ3n) is 7.07. The van der Waals surface area contributed by atoms with Gasteiger partial charge in [-0.25, -0.2) is 0 Å². The molecule has 2 aromatic carbocycles. The number of likely N-dealkylation sites (tertiary alicyclic amines) is 1. The number of amides is 1. The smallest absolute Gasteiger partial charge is 0.219 e. The van der Waals surface area contributed by atoms with E-state index >= 15 is 0 Å². The van der Waals surface area contributed by atoms with E-state index in [2.05, 4.69) is 34.8 Å². The fraction of sp³-hybridized carbons (Fsp3) is 0.385. The third-order valence-corrected chi connectivity index (χ3v) is 7.56. The molecule has 0 atom stereocenters. The Morgan fingerprint density at radius 2 is 1.94 bits per heavy atom. The number of nitrogens with zero attached hydrogens (tertiary/aromatic N) is 1. The summed E-state index contributed by atoms with van der Waals surface area (Å²) in [6, 6.07) is 11.9. The van der Waals surface area contributed by atoms with E-state index in [1.54, 1.807) is 6.92 Å². The average molecular weight is 495 g/mol. The van der Waals surface area contributed by atoms with Crippen molar-refractivity contribution in [3.8, 4) is 5.75 Å². The highest BCUT2D eigenvalue weighted by molar-refractivity contribution is 9.10. The van der Waals surface area contributed by atoms with Crippen LogP contribution < -0.4 is 4.74 Å². The molecule has 1 amide bonds. The largest absolute Gasteiger partial charge is 0.493 e. The predicted octanol–water partition coefficient (Wildman–Crippen LogP) is 5.44. The molecule has 0 radical (unpaired) electrons. The molecule has 1 aliphatic heterocycles. The second-order valence-corrected chi connectivity index (χ2v) is 10.4. The number of halogens is 1. The Morgan fingerprint density at radius 3 is 2.66 bits per heavy atom. The summed E-state index contributed by atoms with van der Waals surface area (Å²) in [6.45, 7) is 8.17. The number of nitrogens with one attached hydrogen (secondary N) is 1. The standard InChI is InChI=1S/C26H27BrN2O3/c1-15(30)29-10-8-16(9-11-29)14-32-18-5-7-19-21(13-18)26(2,3)25-23(24(19)31)20-6-4-17(27)12-22(20)28-25/h4-7,12-13,16,28H,8-11,14H2,1-3H3. The van der Waals surface area contributed by atoms with E-state index < -0.39 is 0 Å². The van der Waals surface area contributed by atoms with Gasteiger partial charge in [-0.1, -0.05) is 35.8 Å². The van der Waals surface area contributed by atoms with Crippen molar-refractivity contribution in [2.24, 2.45) is 5.92 Å². The molecule has 1 fully saturated rings. The highest BCUT2D eigenvalue weighted by Gasteiger charge is 2.39. The number of carbonyl (C=O) groups excluding carboxylic acids is 2. The summed E-state index contributed by atoms with van der Waals surface area (Å²) in [5, 5.41) is 0.962. The van der Waals surface area contributed by atoms with Crippen LogP contribution in [-0.4, -0.2) is 41.3 Å². The number of hydrogen-bond donors (Lipinski definition) is 1. The summed E-state index contributed by atoms with van der Waals surface area (Å²) in [5.74, 6) is 1.44. The molecule has 0 spiro atoms. The first-order valence-corrected chi connectivity index (χ1v) is 11.9. The second kappa shape index (κ2) is 7.77. The number of aromatic nitrogens is 1. The summed E-state index contributed by atoms with van der Waals surface area (Å²) in [7, 11) is 0. The molecule has 166 valence electrons. The number of carbonyl (C=O) groups is 2. The summed E-state index contributed by atoms with van der Waals surface area (Å²) in [4.78, 5) is 30.4.